The van der Waals surface area contributed by atoms with Gasteiger partial charge in [-0.3, -0.25) is 14.2 Å². The second-order valence-corrected chi connectivity index (χ2v) is 8.02. The van der Waals surface area contributed by atoms with Crippen molar-refractivity contribution >= 4 is 57.5 Å². The van der Waals surface area contributed by atoms with Crippen molar-refractivity contribution in [1.82, 2.24) is 4.57 Å². The Bertz CT molecular complexity index is 1440. The van der Waals surface area contributed by atoms with Crippen LogP contribution < -0.4 is 5.56 Å². The summed E-state index contributed by atoms with van der Waals surface area (Å²) in [5, 5.41) is 1.08. The van der Waals surface area contributed by atoms with Gasteiger partial charge in [-0.05, 0) is 42.5 Å². The number of carbonyl (C=O) groups is 2. The van der Waals surface area contributed by atoms with Crippen LogP contribution in [0.2, 0.25) is 15.1 Å². The minimum absolute atomic E-state index is 0.0420. The van der Waals surface area contributed by atoms with Crippen molar-refractivity contribution in [3.63, 3.8) is 0 Å². The highest BCUT2D eigenvalue weighted by Gasteiger charge is 2.25. The van der Waals surface area contributed by atoms with Crippen molar-refractivity contribution < 1.29 is 14.3 Å². The highest BCUT2D eigenvalue weighted by atomic mass is 35.5. The minimum atomic E-state index is -0.698. The average Bonchev–Trinajstić information content (AvgIpc) is 2.78. The van der Waals surface area contributed by atoms with E-state index in [4.69, 9.17) is 39.5 Å². The number of ether oxygens (including phenoxy) is 1. The summed E-state index contributed by atoms with van der Waals surface area (Å²) in [6.45, 7) is 0. The summed E-state index contributed by atoms with van der Waals surface area (Å²) in [6.07, 6.45) is 0. The lowest BCUT2D eigenvalue weighted by Crippen LogP contribution is -2.20. The number of ketones is 1. The number of fused-ring (bicyclic) bond motifs is 1. The monoisotopic (exact) mass is 485 g/mol. The van der Waals surface area contributed by atoms with Crippen LogP contribution in [0.15, 0.2) is 71.5 Å². The summed E-state index contributed by atoms with van der Waals surface area (Å²) in [5.74, 6) is -1.19. The van der Waals surface area contributed by atoms with Crippen LogP contribution in [0, 0.1) is 0 Å². The van der Waals surface area contributed by atoms with Crippen LogP contribution in [0.3, 0.4) is 0 Å². The van der Waals surface area contributed by atoms with Gasteiger partial charge in [0.25, 0.3) is 5.56 Å². The maximum atomic E-state index is 13.6. The Balaban J connectivity index is 2.13. The third kappa shape index (κ3) is 3.69. The summed E-state index contributed by atoms with van der Waals surface area (Å²) in [6, 6.07) is 17.1. The zero-order valence-corrected chi connectivity index (χ0v) is 18.8. The summed E-state index contributed by atoms with van der Waals surface area (Å²) < 4.78 is 6.19. The predicted molar refractivity (Wildman–Crippen MR) is 126 cm³/mol. The second kappa shape index (κ2) is 8.79. The number of halogens is 3. The smallest absolute Gasteiger partial charge is 0.338 e. The molecule has 0 aliphatic heterocycles. The minimum Gasteiger partial charge on any atom is -0.465 e. The fourth-order valence-corrected chi connectivity index (χ4v) is 4.35. The van der Waals surface area contributed by atoms with Crippen molar-refractivity contribution in [3.05, 3.63) is 109 Å². The highest BCUT2D eigenvalue weighted by molar-refractivity contribution is 6.38. The summed E-state index contributed by atoms with van der Waals surface area (Å²) >= 11 is 19.0. The molecule has 0 saturated heterocycles. The van der Waals surface area contributed by atoms with Crippen LogP contribution in [-0.4, -0.2) is 23.4 Å². The van der Waals surface area contributed by atoms with E-state index in [2.05, 4.69) is 0 Å². The number of para-hydroxylation sites is 1. The molecular formula is C24H14Cl3NO4. The van der Waals surface area contributed by atoms with Gasteiger partial charge < -0.3 is 4.74 Å². The number of rotatable bonds is 4. The molecule has 4 rings (SSSR count). The van der Waals surface area contributed by atoms with Gasteiger partial charge in [0.05, 0.1) is 38.9 Å². The molecule has 0 bridgehead atoms. The summed E-state index contributed by atoms with van der Waals surface area (Å²) in [5.41, 5.74) is 0.513. The normalized spacial score (nSPS) is 10.9. The molecular weight excluding hydrogens is 473 g/mol. The molecule has 0 N–H and O–H groups in total. The Morgan fingerprint density at radius 3 is 2.09 bits per heavy atom. The molecule has 0 unspecified atom stereocenters. The van der Waals surface area contributed by atoms with E-state index in [0.717, 1.165) is 0 Å². The molecule has 0 radical (unpaired) electrons. The number of carbonyl (C=O) groups excluding carboxylic acids is 2. The maximum Gasteiger partial charge on any atom is 0.338 e. The largest absolute Gasteiger partial charge is 0.465 e. The Kier molecular flexibility index (Phi) is 6.07. The van der Waals surface area contributed by atoms with E-state index in [0.29, 0.717) is 10.9 Å². The molecule has 5 nitrogen and oxygen atoms in total. The lowest BCUT2D eigenvalue weighted by Gasteiger charge is -2.17. The van der Waals surface area contributed by atoms with Gasteiger partial charge in [0.1, 0.15) is 0 Å². The fraction of sp³-hybridized carbons (Fsp3) is 0.0417. The van der Waals surface area contributed by atoms with E-state index < -0.39 is 17.3 Å². The van der Waals surface area contributed by atoms with Crippen LogP contribution in [0.4, 0.5) is 0 Å². The predicted octanol–water partition coefficient (Wildman–Crippen LogP) is 5.97. The van der Waals surface area contributed by atoms with Crippen LogP contribution in [0.25, 0.3) is 16.6 Å². The molecule has 32 heavy (non-hydrogen) atoms. The average molecular weight is 487 g/mol. The number of pyridine rings is 1. The van der Waals surface area contributed by atoms with Gasteiger partial charge in [0.2, 0.25) is 0 Å². The molecule has 1 aromatic heterocycles. The Morgan fingerprint density at radius 1 is 0.781 bits per heavy atom. The zero-order valence-electron chi connectivity index (χ0n) is 16.6. The van der Waals surface area contributed by atoms with Gasteiger partial charge in [-0.1, -0.05) is 53.0 Å². The lowest BCUT2D eigenvalue weighted by atomic mass is 9.94. The van der Waals surface area contributed by atoms with Gasteiger partial charge in [-0.25, -0.2) is 4.79 Å². The van der Waals surface area contributed by atoms with Crippen LogP contribution >= 0.6 is 34.8 Å². The molecule has 3 aromatic carbocycles. The first-order valence-electron chi connectivity index (χ1n) is 9.36. The molecule has 0 aliphatic rings. The van der Waals surface area contributed by atoms with Gasteiger partial charge in [0.15, 0.2) is 5.78 Å². The Hall–Kier alpha value is -3.12. The fourth-order valence-electron chi connectivity index (χ4n) is 3.56. The Labute approximate surface area is 197 Å². The molecule has 0 saturated carbocycles. The first-order chi connectivity index (χ1) is 15.3. The number of hydrogen-bond donors (Lipinski definition) is 0. The maximum absolute atomic E-state index is 13.6. The number of esters is 1. The SMILES string of the molecule is COC(=O)c1ccc2c(ccc(=O)n2-c2c(Cl)cccc2Cl)c1C(=O)c1ccccc1Cl. The zero-order chi connectivity index (χ0) is 23.0. The molecule has 0 amide bonds. The van der Waals surface area contributed by atoms with E-state index in [-0.39, 0.29) is 37.4 Å². The molecule has 0 fully saturated rings. The molecule has 8 heteroatoms. The first-order valence-corrected chi connectivity index (χ1v) is 10.5. The topological polar surface area (TPSA) is 65.4 Å². The molecule has 0 atom stereocenters. The van der Waals surface area contributed by atoms with Crippen LogP contribution in [-0.2, 0) is 4.74 Å². The molecule has 160 valence electrons. The second-order valence-electron chi connectivity index (χ2n) is 6.80. The van der Waals surface area contributed by atoms with Crippen LogP contribution in [0.5, 0.6) is 0 Å². The first kappa shape index (κ1) is 22.1. The van der Waals surface area contributed by atoms with Crippen molar-refractivity contribution in [2.24, 2.45) is 0 Å². The molecule has 0 spiro atoms. The van der Waals surface area contributed by atoms with E-state index >= 15 is 0 Å². The van der Waals surface area contributed by atoms with Crippen molar-refractivity contribution in [2.45, 2.75) is 0 Å². The van der Waals surface area contributed by atoms with E-state index in [1.807, 2.05) is 0 Å². The van der Waals surface area contributed by atoms with Gasteiger partial charge >= 0.3 is 5.97 Å². The van der Waals surface area contributed by atoms with Gasteiger partial charge in [-0.15, -0.1) is 0 Å². The number of aromatic nitrogens is 1. The third-order valence-corrected chi connectivity index (χ3v) is 5.93. The van der Waals surface area contributed by atoms with Gasteiger partial charge in [0, 0.05) is 22.6 Å². The van der Waals surface area contributed by atoms with Crippen molar-refractivity contribution in [3.8, 4) is 5.69 Å². The quantitative estimate of drug-likeness (QED) is 0.263. The lowest BCUT2D eigenvalue weighted by molar-refractivity contribution is 0.0598. The summed E-state index contributed by atoms with van der Waals surface area (Å²) in [4.78, 5) is 38.9. The van der Waals surface area contributed by atoms with E-state index in [1.54, 1.807) is 48.5 Å². The standard InChI is InChI=1S/C24H14Cl3NO4/c1-32-24(31)15-9-11-19-14(21(15)23(30)13-5-2-3-6-16(13)25)10-12-20(29)28(19)22-17(26)7-4-8-18(22)27/h2-12H,1H3. The molecule has 1 heterocycles. The summed E-state index contributed by atoms with van der Waals surface area (Å²) in [7, 11) is 1.22. The molecule has 4 aromatic rings. The number of methoxy groups -OCH3 is 1. The van der Waals surface area contributed by atoms with Gasteiger partial charge in [-0.2, -0.15) is 0 Å². The Morgan fingerprint density at radius 2 is 1.44 bits per heavy atom. The molecule has 0 aliphatic carbocycles. The number of nitrogens with zero attached hydrogens (tertiary/aromatic N) is 1. The van der Waals surface area contributed by atoms with E-state index in [9.17, 15) is 14.4 Å². The third-order valence-electron chi connectivity index (χ3n) is 4.99. The number of benzene rings is 3. The number of hydrogen-bond acceptors (Lipinski definition) is 4. The van der Waals surface area contributed by atoms with Crippen molar-refractivity contribution in [1.29, 1.82) is 0 Å². The van der Waals surface area contributed by atoms with Crippen molar-refractivity contribution in [2.75, 3.05) is 7.11 Å². The van der Waals surface area contributed by atoms with E-state index in [1.165, 1.54) is 29.9 Å². The van der Waals surface area contributed by atoms with Crippen LogP contribution in [0.1, 0.15) is 26.3 Å². The highest BCUT2D eigenvalue weighted by Crippen LogP contribution is 2.33.